The lowest BCUT2D eigenvalue weighted by Gasteiger charge is -2.14. The summed E-state index contributed by atoms with van der Waals surface area (Å²) < 4.78 is 10.5. The van der Waals surface area contributed by atoms with Crippen molar-refractivity contribution in [3.63, 3.8) is 0 Å². The fraction of sp³-hybridized carbons (Fsp3) is 0.500. The fourth-order valence-electron chi connectivity index (χ4n) is 1.66. The number of benzene rings is 1. The third kappa shape index (κ3) is 4.47. The zero-order valence-corrected chi connectivity index (χ0v) is 11.0. The van der Waals surface area contributed by atoms with Crippen molar-refractivity contribution in [2.75, 3.05) is 19.8 Å². The number of nitrogens with two attached hydrogens (primary N) is 1. The minimum Gasteiger partial charge on any atom is -0.457 e. The highest BCUT2D eigenvalue weighted by atomic mass is 16.6. The van der Waals surface area contributed by atoms with Gasteiger partial charge in [0.1, 0.15) is 6.10 Å². The predicted octanol–water partition coefficient (Wildman–Crippen LogP) is 1.77. The molecule has 0 radical (unpaired) electrons. The molecular weight excluding hydrogens is 230 g/mol. The maximum Gasteiger partial charge on any atom is 0.338 e. The van der Waals surface area contributed by atoms with Crippen molar-refractivity contribution >= 4 is 5.97 Å². The van der Waals surface area contributed by atoms with Gasteiger partial charge in [0.15, 0.2) is 0 Å². The summed E-state index contributed by atoms with van der Waals surface area (Å²) in [5.41, 5.74) is 7.04. The zero-order chi connectivity index (χ0) is 13.4. The first-order valence-corrected chi connectivity index (χ1v) is 6.25. The van der Waals surface area contributed by atoms with Gasteiger partial charge in [-0.1, -0.05) is 18.2 Å². The second-order valence-electron chi connectivity index (χ2n) is 4.07. The molecule has 0 saturated heterocycles. The van der Waals surface area contributed by atoms with Gasteiger partial charge in [0.2, 0.25) is 0 Å². The molecule has 0 saturated carbocycles. The summed E-state index contributed by atoms with van der Waals surface area (Å²) in [6.45, 7) is 5.27. The average molecular weight is 251 g/mol. The van der Waals surface area contributed by atoms with Crippen molar-refractivity contribution in [3.05, 3.63) is 35.4 Å². The molecule has 100 valence electrons. The standard InChI is InChI=1S/C14H21NO3/c1-3-17-10-11(2)18-14(16)13-7-5-4-6-12(13)8-9-15/h4-7,11H,3,8-10,15H2,1-2H3. The largest absolute Gasteiger partial charge is 0.457 e. The van der Waals surface area contributed by atoms with E-state index in [1.165, 1.54) is 0 Å². The monoisotopic (exact) mass is 251 g/mol. The van der Waals surface area contributed by atoms with E-state index in [9.17, 15) is 4.79 Å². The Morgan fingerprint density at radius 1 is 1.39 bits per heavy atom. The molecule has 0 amide bonds. The molecule has 0 aromatic heterocycles. The van der Waals surface area contributed by atoms with E-state index in [1.807, 2.05) is 32.0 Å². The van der Waals surface area contributed by atoms with Crippen LogP contribution in [0.25, 0.3) is 0 Å². The van der Waals surface area contributed by atoms with E-state index >= 15 is 0 Å². The van der Waals surface area contributed by atoms with Crippen LogP contribution in [-0.2, 0) is 15.9 Å². The van der Waals surface area contributed by atoms with Crippen LogP contribution in [0, 0.1) is 0 Å². The molecule has 2 N–H and O–H groups in total. The Balaban J connectivity index is 2.65. The van der Waals surface area contributed by atoms with Crippen molar-refractivity contribution in [1.29, 1.82) is 0 Å². The van der Waals surface area contributed by atoms with Gasteiger partial charge >= 0.3 is 5.97 Å². The van der Waals surface area contributed by atoms with Crippen LogP contribution in [-0.4, -0.2) is 31.8 Å². The molecule has 1 rings (SSSR count). The molecule has 4 nitrogen and oxygen atoms in total. The smallest absolute Gasteiger partial charge is 0.338 e. The van der Waals surface area contributed by atoms with Gasteiger partial charge in [-0.3, -0.25) is 0 Å². The van der Waals surface area contributed by atoms with Crippen LogP contribution in [0.3, 0.4) is 0 Å². The third-order valence-corrected chi connectivity index (χ3v) is 2.52. The van der Waals surface area contributed by atoms with Crippen molar-refractivity contribution in [1.82, 2.24) is 0 Å². The molecule has 1 aromatic carbocycles. The first kappa shape index (κ1) is 14.7. The highest BCUT2D eigenvalue weighted by Crippen LogP contribution is 2.12. The van der Waals surface area contributed by atoms with Crippen molar-refractivity contribution in [2.45, 2.75) is 26.4 Å². The number of hydrogen-bond donors (Lipinski definition) is 1. The molecular formula is C14H21NO3. The van der Waals surface area contributed by atoms with Gasteiger partial charge in [0.25, 0.3) is 0 Å². The van der Waals surface area contributed by atoms with Crippen molar-refractivity contribution < 1.29 is 14.3 Å². The molecule has 1 aromatic rings. The first-order chi connectivity index (χ1) is 8.69. The molecule has 1 atom stereocenters. The Morgan fingerprint density at radius 3 is 2.78 bits per heavy atom. The van der Waals surface area contributed by atoms with Crippen LogP contribution in [0.2, 0.25) is 0 Å². The molecule has 0 fully saturated rings. The second kappa shape index (κ2) is 7.84. The van der Waals surface area contributed by atoms with Crippen molar-refractivity contribution in [2.24, 2.45) is 5.73 Å². The molecule has 1 unspecified atom stereocenters. The summed E-state index contributed by atoms with van der Waals surface area (Å²) in [4.78, 5) is 12.0. The predicted molar refractivity (Wildman–Crippen MR) is 70.6 cm³/mol. The maximum atomic E-state index is 12.0. The molecule has 4 heteroatoms. The van der Waals surface area contributed by atoms with Crippen LogP contribution in [0.15, 0.2) is 24.3 Å². The maximum absolute atomic E-state index is 12.0. The summed E-state index contributed by atoms with van der Waals surface area (Å²) in [6, 6.07) is 7.38. The van der Waals surface area contributed by atoms with Crippen LogP contribution in [0.4, 0.5) is 0 Å². The minimum absolute atomic E-state index is 0.247. The molecule has 0 bridgehead atoms. The Hall–Kier alpha value is -1.39. The number of carbonyl (C=O) groups is 1. The van der Waals surface area contributed by atoms with Crippen molar-refractivity contribution in [3.8, 4) is 0 Å². The van der Waals surface area contributed by atoms with Crippen LogP contribution < -0.4 is 5.73 Å². The average Bonchev–Trinajstić information content (AvgIpc) is 2.37. The highest BCUT2D eigenvalue weighted by Gasteiger charge is 2.15. The van der Waals surface area contributed by atoms with E-state index in [0.29, 0.717) is 31.7 Å². The van der Waals surface area contributed by atoms with E-state index in [1.54, 1.807) is 6.07 Å². The van der Waals surface area contributed by atoms with E-state index in [4.69, 9.17) is 15.2 Å². The number of esters is 1. The quantitative estimate of drug-likeness (QED) is 0.750. The van der Waals surface area contributed by atoms with E-state index < -0.39 is 0 Å². The van der Waals surface area contributed by atoms with Crippen LogP contribution in [0.5, 0.6) is 0 Å². The van der Waals surface area contributed by atoms with Gasteiger partial charge in [-0.05, 0) is 38.4 Å². The lowest BCUT2D eigenvalue weighted by atomic mass is 10.0. The summed E-state index contributed by atoms with van der Waals surface area (Å²) in [6.07, 6.45) is 0.425. The third-order valence-electron chi connectivity index (χ3n) is 2.52. The topological polar surface area (TPSA) is 61.5 Å². The number of carbonyl (C=O) groups excluding carboxylic acids is 1. The second-order valence-corrected chi connectivity index (χ2v) is 4.07. The lowest BCUT2D eigenvalue weighted by Crippen LogP contribution is -2.21. The van der Waals surface area contributed by atoms with E-state index in [0.717, 1.165) is 5.56 Å². The normalized spacial score (nSPS) is 12.2. The minimum atomic E-state index is -0.314. The lowest BCUT2D eigenvalue weighted by molar-refractivity contribution is 0.00430. The Kier molecular flexibility index (Phi) is 6.39. The van der Waals surface area contributed by atoms with Gasteiger partial charge in [-0.15, -0.1) is 0 Å². The molecule has 0 aliphatic rings. The van der Waals surface area contributed by atoms with Crippen LogP contribution >= 0.6 is 0 Å². The summed E-state index contributed by atoms with van der Waals surface area (Å²) in [7, 11) is 0. The molecule has 0 spiro atoms. The first-order valence-electron chi connectivity index (χ1n) is 6.25. The summed E-state index contributed by atoms with van der Waals surface area (Å²) in [5, 5.41) is 0. The van der Waals surface area contributed by atoms with Gasteiger partial charge < -0.3 is 15.2 Å². The van der Waals surface area contributed by atoms with Gasteiger partial charge in [0, 0.05) is 6.61 Å². The molecule has 0 aliphatic heterocycles. The highest BCUT2D eigenvalue weighted by molar-refractivity contribution is 5.91. The Bertz CT molecular complexity index is 379. The summed E-state index contributed by atoms with van der Waals surface area (Å²) in [5.74, 6) is -0.314. The number of rotatable bonds is 7. The van der Waals surface area contributed by atoms with Crippen LogP contribution in [0.1, 0.15) is 29.8 Å². The number of ether oxygens (including phenoxy) is 2. The Labute approximate surface area is 108 Å². The number of hydrogen-bond acceptors (Lipinski definition) is 4. The van der Waals surface area contributed by atoms with E-state index in [-0.39, 0.29) is 12.1 Å². The SMILES string of the molecule is CCOCC(C)OC(=O)c1ccccc1CCN. The Morgan fingerprint density at radius 2 is 2.11 bits per heavy atom. The zero-order valence-electron chi connectivity index (χ0n) is 11.0. The molecule has 18 heavy (non-hydrogen) atoms. The van der Waals surface area contributed by atoms with Gasteiger partial charge in [-0.25, -0.2) is 4.79 Å². The van der Waals surface area contributed by atoms with Gasteiger partial charge in [-0.2, -0.15) is 0 Å². The summed E-state index contributed by atoms with van der Waals surface area (Å²) >= 11 is 0. The molecule has 0 heterocycles. The van der Waals surface area contributed by atoms with Gasteiger partial charge in [0.05, 0.1) is 12.2 Å². The van der Waals surface area contributed by atoms with E-state index in [2.05, 4.69) is 0 Å². The fourth-order valence-corrected chi connectivity index (χ4v) is 1.66. The molecule has 0 aliphatic carbocycles.